The molecule has 0 fully saturated rings. The van der Waals surface area contributed by atoms with E-state index in [1.165, 1.54) is 11.6 Å². The Morgan fingerprint density at radius 1 is 1.58 bits per heavy atom. The highest BCUT2D eigenvalue weighted by Gasteiger charge is 2.20. The Morgan fingerprint density at radius 2 is 2.33 bits per heavy atom. The molecule has 2 unspecified atom stereocenters. The van der Waals surface area contributed by atoms with Crippen LogP contribution in [-0.4, -0.2) is 22.4 Å². The summed E-state index contributed by atoms with van der Waals surface area (Å²) in [6.45, 7) is 0. The van der Waals surface area contributed by atoms with E-state index in [0.717, 1.165) is 0 Å². The third-order valence-electron chi connectivity index (χ3n) is 1.56. The molecule has 1 aliphatic carbocycles. The van der Waals surface area contributed by atoms with Crippen molar-refractivity contribution in [1.82, 2.24) is 0 Å². The van der Waals surface area contributed by atoms with Gasteiger partial charge in [-0.3, -0.25) is 0 Å². The number of hydrogen-bond donors (Lipinski definition) is 2. The lowest BCUT2D eigenvalue weighted by Crippen LogP contribution is -2.07. The highest BCUT2D eigenvalue weighted by molar-refractivity contribution is 6.25. The van der Waals surface area contributed by atoms with E-state index in [1.54, 1.807) is 6.08 Å². The molecule has 0 aromatic rings. The summed E-state index contributed by atoms with van der Waals surface area (Å²) in [4.78, 5) is 0. The molecule has 0 heterocycles. The van der Waals surface area contributed by atoms with Crippen molar-refractivity contribution >= 4 is 11.6 Å². The van der Waals surface area contributed by atoms with E-state index < -0.39 is 12.2 Å². The van der Waals surface area contributed by atoms with Gasteiger partial charge >= 0.3 is 0 Å². The zero-order valence-corrected chi connectivity index (χ0v) is 7.12. The minimum atomic E-state index is -0.628. The SMILES string of the molecule is OC1C=C(C#C/C=C/Cl)C(O)C1. The van der Waals surface area contributed by atoms with Crippen LogP contribution >= 0.6 is 11.6 Å². The highest BCUT2D eigenvalue weighted by atomic mass is 35.5. The number of halogens is 1. The topological polar surface area (TPSA) is 40.5 Å². The second kappa shape index (κ2) is 4.32. The monoisotopic (exact) mass is 184 g/mol. The van der Waals surface area contributed by atoms with Gasteiger partial charge in [0, 0.05) is 17.5 Å². The van der Waals surface area contributed by atoms with Gasteiger partial charge < -0.3 is 10.2 Å². The Morgan fingerprint density at radius 3 is 2.83 bits per heavy atom. The van der Waals surface area contributed by atoms with Crippen LogP contribution in [0.5, 0.6) is 0 Å². The lowest BCUT2D eigenvalue weighted by molar-refractivity contribution is 0.149. The Balaban J connectivity index is 2.65. The maximum atomic E-state index is 9.27. The largest absolute Gasteiger partial charge is 0.389 e. The average molecular weight is 185 g/mol. The van der Waals surface area contributed by atoms with Crippen molar-refractivity contribution < 1.29 is 10.2 Å². The molecule has 0 radical (unpaired) electrons. The van der Waals surface area contributed by atoms with E-state index in [9.17, 15) is 5.11 Å². The molecule has 0 spiro atoms. The number of aliphatic hydroxyl groups is 2. The zero-order chi connectivity index (χ0) is 8.97. The molecule has 2 atom stereocenters. The molecule has 3 heteroatoms. The van der Waals surface area contributed by atoms with Crippen molar-refractivity contribution in [3.8, 4) is 11.8 Å². The second-order valence-electron chi connectivity index (χ2n) is 2.50. The molecule has 0 bridgehead atoms. The fourth-order valence-electron chi connectivity index (χ4n) is 1.02. The van der Waals surface area contributed by atoms with Crippen LogP contribution in [0.25, 0.3) is 0 Å². The van der Waals surface area contributed by atoms with Crippen LogP contribution in [0.1, 0.15) is 6.42 Å². The van der Waals surface area contributed by atoms with E-state index in [0.29, 0.717) is 12.0 Å². The van der Waals surface area contributed by atoms with E-state index in [4.69, 9.17) is 16.7 Å². The molecule has 0 aromatic carbocycles. The smallest absolute Gasteiger partial charge is 0.0893 e. The zero-order valence-electron chi connectivity index (χ0n) is 6.37. The van der Waals surface area contributed by atoms with Gasteiger partial charge in [-0.2, -0.15) is 0 Å². The molecule has 0 aromatic heterocycles. The van der Waals surface area contributed by atoms with Crippen LogP contribution in [0.15, 0.2) is 23.3 Å². The Bertz CT molecular complexity index is 270. The maximum absolute atomic E-state index is 9.27. The van der Waals surface area contributed by atoms with Gasteiger partial charge in [0.15, 0.2) is 0 Å². The standard InChI is InChI=1S/C9H9ClO2/c10-4-2-1-3-7-5-8(11)6-9(7)12/h2,4-5,8-9,11-12H,6H2/b4-2+. The van der Waals surface area contributed by atoms with Crippen molar-refractivity contribution in [3.63, 3.8) is 0 Å². The molecule has 1 rings (SSSR count). The van der Waals surface area contributed by atoms with E-state index >= 15 is 0 Å². The van der Waals surface area contributed by atoms with Crippen LogP contribution in [-0.2, 0) is 0 Å². The third-order valence-corrected chi connectivity index (χ3v) is 1.68. The Kier molecular flexibility index (Phi) is 3.36. The van der Waals surface area contributed by atoms with Gasteiger partial charge in [0.05, 0.1) is 12.2 Å². The normalized spacial score (nSPS) is 28.4. The van der Waals surface area contributed by atoms with Crippen LogP contribution in [0.2, 0.25) is 0 Å². The van der Waals surface area contributed by atoms with Gasteiger partial charge in [0.25, 0.3) is 0 Å². The van der Waals surface area contributed by atoms with E-state index in [1.807, 2.05) is 0 Å². The molecule has 0 saturated heterocycles. The van der Waals surface area contributed by atoms with Crippen LogP contribution in [0.4, 0.5) is 0 Å². The van der Waals surface area contributed by atoms with Gasteiger partial charge in [-0.1, -0.05) is 23.4 Å². The second-order valence-corrected chi connectivity index (χ2v) is 2.75. The van der Waals surface area contributed by atoms with Gasteiger partial charge in [-0.25, -0.2) is 0 Å². The molecule has 2 N–H and O–H groups in total. The number of allylic oxidation sites excluding steroid dienone is 1. The summed E-state index contributed by atoms with van der Waals surface area (Å²) in [5.41, 5.74) is 1.86. The average Bonchev–Trinajstić information content (AvgIpc) is 2.31. The van der Waals surface area contributed by atoms with Crippen LogP contribution < -0.4 is 0 Å². The molecule has 2 nitrogen and oxygen atoms in total. The summed E-state index contributed by atoms with van der Waals surface area (Å²) in [6.07, 6.45) is 2.18. The van der Waals surface area contributed by atoms with Gasteiger partial charge in [0.1, 0.15) is 0 Å². The lowest BCUT2D eigenvalue weighted by Gasteiger charge is -1.99. The molecule has 64 valence electrons. The summed E-state index contributed by atoms with van der Waals surface area (Å²) < 4.78 is 0. The lowest BCUT2D eigenvalue weighted by atomic mass is 10.2. The third kappa shape index (κ3) is 2.38. The minimum Gasteiger partial charge on any atom is -0.389 e. The van der Waals surface area contributed by atoms with E-state index in [-0.39, 0.29) is 0 Å². The molecular weight excluding hydrogens is 176 g/mol. The number of rotatable bonds is 0. The predicted molar refractivity (Wildman–Crippen MR) is 47.5 cm³/mol. The number of aliphatic hydroxyl groups excluding tert-OH is 2. The summed E-state index contributed by atoms with van der Waals surface area (Å²) in [5.74, 6) is 5.32. The molecule has 1 aliphatic rings. The summed E-state index contributed by atoms with van der Waals surface area (Å²) in [7, 11) is 0. The minimum absolute atomic E-state index is 0.342. The van der Waals surface area contributed by atoms with Crippen molar-refractivity contribution in [2.45, 2.75) is 18.6 Å². The summed E-state index contributed by atoms with van der Waals surface area (Å²) in [6, 6.07) is 0. The van der Waals surface area contributed by atoms with Crippen LogP contribution in [0, 0.1) is 11.8 Å². The molecule has 0 amide bonds. The quantitative estimate of drug-likeness (QED) is 0.547. The van der Waals surface area contributed by atoms with Crippen molar-refractivity contribution in [3.05, 3.63) is 23.3 Å². The van der Waals surface area contributed by atoms with Crippen LogP contribution in [0.3, 0.4) is 0 Å². The number of hydrogen-bond acceptors (Lipinski definition) is 2. The predicted octanol–water partition coefficient (Wildman–Crippen LogP) is 0.794. The fourth-order valence-corrected chi connectivity index (χ4v) is 1.09. The summed E-state index contributed by atoms with van der Waals surface area (Å²) >= 11 is 5.24. The first-order valence-electron chi connectivity index (χ1n) is 3.58. The first-order chi connectivity index (χ1) is 5.74. The summed E-state index contributed by atoms with van der Waals surface area (Å²) in [5, 5.41) is 18.3. The first kappa shape index (κ1) is 9.34. The maximum Gasteiger partial charge on any atom is 0.0893 e. The molecule has 0 saturated carbocycles. The molecule has 0 aliphatic heterocycles. The highest BCUT2D eigenvalue weighted by Crippen LogP contribution is 2.18. The Hall–Kier alpha value is -0.750. The van der Waals surface area contributed by atoms with E-state index in [2.05, 4.69) is 11.8 Å². The fraction of sp³-hybridized carbons (Fsp3) is 0.333. The van der Waals surface area contributed by atoms with Crippen molar-refractivity contribution in [2.75, 3.05) is 0 Å². The molecular formula is C9H9ClO2. The Labute approximate surface area is 76.2 Å². The first-order valence-corrected chi connectivity index (χ1v) is 4.02. The van der Waals surface area contributed by atoms with Gasteiger partial charge in [0.2, 0.25) is 0 Å². The molecule has 12 heavy (non-hydrogen) atoms. The van der Waals surface area contributed by atoms with Crippen molar-refractivity contribution in [2.24, 2.45) is 0 Å². The van der Waals surface area contributed by atoms with Gasteiger partial charge in [-0.15, -0.1) is 0 Å². The van der Waals surface area contributed by atoms with Crippen molar-refractivity contribution in [1.29, 1.82) is 0 Å². The van der Waals surface area contributed by atoms with Gasteiger partial charge in [-0.05, 0) is 12.2 Å².